The summed E-state index contributed by atoms with van der Waals surface area (Å²) >= 11 is 0. The lowest BCUT2D eigenvalue weighted by Gasteiger charge is -2.42. The quantitative estimate of drug-likeness (QED) is 0.917. The third-order valence-corrected chi connectivity index (χ3v) is 4.41. The first-order valence-electron chi connectivity index (χ1n) is 7.33. The topological polar surface area (TPSA) is 47.9 Å². The van der Waals surface area contributed by atoms with Crippen molar-refractivity contribution in [2.75, 3.05) is 19.8 Å². The molecule has 0 bridgehead atoms. The second-order valence-corrected chi connectivity index (χ2v) is 5.72. The van der Waals surface area contributed by atoms with Crippen molar-refractivity contribution in [3.63, 3.8) is 0 Å². The fraction of sp³-hybridized carbons (Fsp3) is 0.625. The van der Waals surface area contributed by atoms with Gasteiger partial charge < -0.3 is 19.3 Å². The van der Waals surface area contributed by atoms with E-state index in [1.807, 2.05) is 30.3 Å². The van der Waals surface area contributed by atoms with Crippen LogP contribution in [0.25, 0.3) is 0 Å². The Bertz CT molecular complexity index is 415. The predicted octanol–water partition coefficient (Wildman–Crippen LogP) is 2.25. The summed E-state index contributed by atoms with van der Waals surface area (Å²) in [6.07, 6.45) is 3.14. The van der Waals surface area contributed by atoms with Crippen LogP contribution in [0.5, 0.6) is 0 Å². The largest absolute Gasteiger partial charge is 0.393 e. The molecular formula is C16H22O4. The Morgan fingerprint density at radius 3 is 2.25 bits per heavy atom. The molecule has 1 aromatic rings. The average molecular weight is 278 g/mol. The van der Waals surface area contributed by atoms with Gasteiger partial charge in [-0.25, -0.2) is 0 Å². The first-order valence-corrected chi connectivity index (χ1v) is 7.33. The van der Waals surface area contributed by atoms with E-state index in [9.17, 15) is 5.11 Å². The summed E-state index contributed by atoms with van der Waals surface area (Å²) in [5, 5.41) is 9.74. The molecule has 20 heavy (non-hydrogen) atoms. The Balaban J connectivity index is 1.59. The highest BCUT2D eigenvalue weighted by molar-refractivity contribution is 5.13. The highest BCUT2D eigenvalue weighted by Crippen LogP contribution is 2.42. The fourth-order valence-corrected chi connectivity index (χ4v) is 3.03. The zero-order valence-electron chi connectivity index (χ0n) is 11.7. The summed E-state index contributed by atoms with van der Waals surface area (Å²) in [5.74, 6) is -0.408. The Labute approximate surface area is 119 Å². The number of aliphatic hydroxyl groups excluding tert-OH is 1. The van der Waals surface area contributed by atoms with Crippen molar-refractivity contribution in [1.82, 2.24) is 0 Å². The van der Waals surface area contributed by atoms with E-state index < -0.39 is 11.4 Å². The minimum absolute atomic E-state index is 0.0515. The van der Waals surface area contributed by atoms with Crippen LogP contribution in [0.2, 0.25) is 0 Å². The fourth-order valence-electron chi connectivity index (χ4n) is 3.03. The number of hydrogen-bond acceptors (Lipinski definition) is 4. The molecule has 1 saturated carbocycles. The molecule has 0 unspecified atom stereocenters. The maximum absolute atomic E-state index is 9.74. The van der Waals surface area contributed by atoms with Crippen molar-refractivity contribution in [2.24, 2.45) is 0 Å². The molecule has 3 rings (SSSR count). The van der Waals surface area contributed by atoms with Crippen LogP contribution in [0.3, 0.4) is 0 Å². The maximum atomic E-state index is 9.74. The molecule has 2 fully saturated rings. The molecule has 110 valence electrons. The SMILES string of the molecule is OCC1(OCc2ccccc2)CCC2(CC1)OCCO2. The van der Waals surface area contributed by atoms with Gasteiger partial charge in [-0.05, 0) is 18.4 Å². The van der Waals surface area contributed by atoms with Gasteiger partial charge in [0.05, 0.1) is 32.0 Å². The molecule has 0 atom stereocenters. The van der Waals surface area contributed by atoms with E-state index in [1.165, 1.54) is 0 Å². The van der Waals surface area contributed by atoms with Gasteiger partial charge in [0, 0.05) is 12.8 Å². The van der Waals surface area contributed by atoms with Gasteiger partial charge in [-0.3, -0.25) is 0 Å². The highest BCUT2D eigenvalue weighted by Gasteiger charge is 2.46. The van der Waals surface area contributed by atoms with Gasteiger partial charge in [-0.15, -0.1) is 0 Å². The number of ether oxygens (including phenoxy) is 3. The van der Waals surface area contributed by atoms with Crippen LogP contribution in [0.4, 0.5) is 0 Å². The van der Waals surface area contributed by atoms with Gasteiger partial charge in [0.2, 0.25) is 0 Å². The lowest BCUT2D eigenvalue weighted by molar-refractivity contribution is -0.218. The van der Waals surface area contributed by atoms with Crippen molar-refractivity contribution in [2.45, 2.75) is 43.7 Å². The van der Waals surface area contributed by atoms with Crippen LogP contribution in [-0.2, 0) is 20.8 Å². The van der Waals surface area contributed by atoms with Crippen LogP contribution < -0.4 is 0 Å². The van der Waals surface area contributed by atoms with Crippen molar-refractivity contribution < 1.29 is 19.3 Å². The third kappa shape index (κ3) is 2.88. The standard InChI is InChI=1S/C16H22O4/c17-13-15(20-12-14-4-2-1-3-5-14)6-8-16(9-7-15)18-10-11-19-16/h1-5,17H,6-13H2. The lowest BCUT2D eigenvalue weighted by Crippen LogP contribution is -2.47. The van der Waals surface area contributed by atoms with Crippen LogP contribution in [0, 0.1) is 0 Å². The third-order valence-electron chi connectivity index (χ3n) is 4.41. The second-order valence-electron chi connectivity index (χ2n) is 5.72. The molecule has 0 radical (unpaired) electrons. The van der Waals surface area contributed by atoms with Crippen LogP contribution in [-0.4, -0.2) is 36.3 Å². The normalized spacial score (nSPS) is 24.1. The summed E-state index contributed by atoms with van der Waals surface area (Å²) < 4.78 is 17.5. The summed E-state index contributed by atoms with van der Waals surface area (Å²) in [5.41, 5.74) is 0.685. The molecule has 1 aromatic carbocycles. The van der Waals surface area contributed by atoms with Crippen molar-refractivity contribution in [3.05, 3.63) is 35.9 Å². The van der Waals surface area contributed by atoms with E-state index in [2.05, 4.69) is 0 Å². The Kier molecular flexibility index (Phi) is 4.08. The number of rotatable bonds is 4. The van der Waals surface area contributed by atoms with Gasteiger partial charge in [0.25, 0.3) is 0 Å². The molecule has 4 heteroatoms. The molecule has 1 aliphatic carbocycles. The van der Waals surface area contributed by atoms with Crippen molar-refractivity contribution >= 4 is 0 Å². The number of benzene rings is 1. The van der Waals surface area contributed by atoms with Crippen LogP contribution >= 0.6 is 0 Å². The van der Waals surface area contributed by atoms with Gasteiger partial charge in [0.15, 0.2) is 5.79 Å². The van der Waals surface area contributed by atoms with Gasteiger partial charge in [-0.1, -0.05) is 30.3 Å². The van der Waals surface area contributed by atoms with E-state index >= 15 is 0 Å². The summed E-state index contributed by atoms with van der Waals surface area (Å²) in [6, 6.07) is 10.1. The molecule has 0 aromatic heterocycles. The van der Waals surface area contributed by atoms with Crippen LogP contribution in [0.15, 0.2) is 30.3 Å². The van der Waals surface area contributed by atoms with E-state index in [4.69, 9.17) is 14.2 Å². The Morgan fingerprint density at radius 1 is 1.00 bits per heavy atom. The lowest BCUT2D eigenvalue weighted by atomic mass is 9.81. The van der Waals surface area contributed by atoms with Gasteiger partial charge >= 0.3 is 0 Å². The Hall–Kier alpha value is -0.940. The molecule has 2 aliphatic rings. The molecule has 1 aliphatic heterocycles. The van der Waals surface area contributed by atoms with E-state index in [0.717, 1.165) is 31.2 Å². The first kappa shape index (κ1) is 14.0. The zero-order valence-corrected chi connectivity index (χ0v) is 11.7. The molecule has 1 heterocycles. The summed E-state index contributed by atoms with van der Waals surface area (Å²) in [4.78, 5) is 0. The maximum Gasteiger partial charge on any atom is 0.168 e. The summed E-state index contributed by atoms with van der Waals surface area (Å²) in [6.45, 7) is 1.94. The Morgan fingerprint density at radius 2 is 1.65 bits per heavy atom. The zero-order chi connectivity index (χ0) is 13.9. The first-order chi connectivity index (χ1) is 9.76. The van der Waals surface area contributed by atoms with Gasteiger partial charge in [-0.2, -0.15) is 0 Å². The highest BCUT2D eigenvalue weighted by atomic mass is 16.7. The monoisotopic (exact) mass is 278 g/mol. The molecule has 4 nitrogen and oxygen atoms in total. The van der Waals surface area contributed by atoms with Gasteiger partial charge in [0.1, 0.15) is 0 Å². The second kappa shape index (κ2) is 5.82. The van der Waals surface area contributed by atoms with Crippen molar-refractivity contribution in [1.29, 1.82) is 0 Å². The minimum atomic E-state index is -0.448. The molecule has 1 saturated heterocycles. The number of hydrogen-bond donors (Lipinski definition) is 1. The smallest absolute Gasteiger partial charge is 0.168 e. The van der Waals surface area contributed by atoms with E-state index in [1.54, 1.807) is 0 Å². The molecular weight excluding hydrogens is 256 g/mol. The van der Waals surface area contributed by atoms with E-state index in [-0.39, 0.29) is 6.61 Å². The number of aliphatic hydroxyl groups is 1. The predicted molar refractivity (Wildman–Crippen MR) is 74.2 cm³/mol. The molecule has 1 spiro atoms. The average Bonchev–Trinajstić information content (AvgIpc) is 2.97. The molecule has 1 N–H and O–H groups in total. The molecule has 0 amide bonds. The summed E-state index contributed by atoms with van der Waals surface area (Å²) in [7, 11) is 0. The van der Waals surface area contributed by atoms with Crippen LogP contribution in [0.1, 0.15) is 31.2 Å². The van der Waals surface area contributed by atoms with E-state index in [0.29, 0.717) is 19.8 Å². The van der Waals surface area contributed by atoms with Crippen molar-refractivity contribution in [3.8, 4) is 0 Å². The minimum Gasteiger partial charge on any atom is -0.393 e.